The van der Waals surface area contributed by atoms with E-state index in [1.165, 1.54) is 13.2 Å². The minimum Gasteiger partial charge on any atom is -0.485 e. The number of sulfonamides is 1. The number of fused-ring (bicyclic) bond motifs is 3. The van der Waals surface area contributed by atoms with Crippen molar-refractivity contribution in [2.75, 3.05) is 7.11 Å². The second-order valence-corrected chi connectivity index (χ2v) is 8.43. The highest BCUT2D eigenvalue weighted by molar-refractivity contribution is 7.88. The lowest BCUT2D eigenvalue weighted by Gasteiger charge is -2.30. The number of benzene rings is 2. The minimum absolute atomic E-state index is 0.0454. The van der Waals surface area contributed by atoms with E-state index in [2.05, 4.69) is 9.47 Å². The Labute approximate surface area is 172 Å². The molecule has 0 aromatic heterocycles. The third kappa shape index (κ3) is 5.25. The van der Waals surface area contributed by atoms with Gasteiger partial charge in [-0.3, -0.25) is 4.79 Å². The van der Waals surface area contributed by atoms with E-state index < -0.39 is 22.7 Å². The van der Waals surface area contributed by atoms with E-state index in [0.29, 0.717) is 40.8 Å². The van der Waals surface area contributed by atoms with Gasteiger partial charge in [0.15, 0.2) is 0 Å². The lowest BCUT2D eigenvalue weighted by atomic mass is 9.89. The first-order valence-corrected chi connectivity index (χ1v) is 10.8. The summed E-state index contributed by atoms with van der Waals surface area (Å²) in [5, 5.41) is 5.15. The van der Waals surface area contributed by atoms with Crippen molar-refractivity contribution in [1.29, 1.82) is 0 Å². The van der Waals surface area contributed by atoms with Crippen molar-refractivity contribution in [3.63, 3.8) is 0 Å². The molecule has 2 aromatic carbocycles. The second-order valence-electron chi connectivity index (χ2n) is 6.81. The first-order valence-electron chi connectivity index (χ1n) is 9.13. The van der Waals surface area contributed by atoms with Gasteiger partial charge in [-0.1, -0.05) is 24.3 Å². The summed E-state index contributed by atoms with van der Waals surface area (Å²) in [7, 11) is -2.46. The molecule has 0 saturated heterocycles. The van der Waals surface area contributed by atoms with Crippen LogP contribution in [0, 0.1) is 0 Å². The van der Waals surface area contributed by atoms with Crippen molar-refractivity contribution >= 4 is 16.0 Å². The highest BCUT2D eigenvalue weighted by Crippen LogP contribution is 2.48. The van der Waals surface area contributed by atoms with Crippen LogP contribution in [0.15, 0.2) is 36.4 Å². The maximum atomic E-state index is 12.9. The molecule has 0 aliphatic carbocycles. The van der Waals surface area contributed by atoms with E-state index in [1.54, 1.807) is 30.3 Å². The van der Waals surface area contributed by atoms with Gasteiger partial charge >= 0.3 is 12.6 Å². The third-order valence-corrected chi connectivity index (χ3v) is 5.38. The molecule has 1 aliphatic heterocycles. The van der Waals surface area contributed by atoms with Gasteiger partial charge in [0.05, 0.1) is 18.4 Å². The molecule has 0 radical (unpaired) electrons. The van der Waals surface area contributed by atoms with Crippen LogP contribution in [0.25, 0.3) is 11.1 Å². The maximum Gasteiger partial charge on any atom is 0.387 e. The van der Waals surface area contributed by atoms with Gasteiger partial charge in [-0.05, 0) is 36.1 Å². The Morgan fingerprint density at radius 1 is 1.27 bits per heavy atom. The molecule has 0 amide bonds. The summed E-state index contributed by atoms with van der Waals surface area (Å²) >= 11 is 0. The number of rotatable bonds is 8. The molecular weight excluding hydrogens is 420 g/mol. The summed E-state index contributed by atoms with van der Waals surface area (Å²) in [5.74, 6) is -0.419. The summed E-state index contributed by atoms with van der Waals surface area (Å²) in [6, 6.07) is 9.44. The predicted molar refractivity (Wildman–Crippen MR) is 105 cm³/mol. The predicted octanol–water partition coefficient (Wildman–Crippen LogP) is 3.52. The number of alkyl halides is 2. The van der Waals surface area contributed by atoms with Crippen LogP contribution in [0.4, 0.5) is 8.78 Å². The van der Waals surface area contributed by atoms with E-state index in [1.807, 2.05) is 0 Å². The van der Waals surface area contributed by atoms with Crippen LogP contribution in [0.5, 0.6) is 11.5 Å². The fourth-order valence-corrected chi connectivity index (χ4v) is 4.11. The van der Waals surface area contributed by atoms with Crippen LogP contribution < -0.4 is 14.6 Å². The van der Waals surface area contributed by atoms with Crippen molar-refractivity contribution < 1.29 is 36.2 Å². The van der Waals surface area contributed by atoms with Crippen LogP contribution in [-0.4, -0.2) is 28.1 Å². The molecule has 1 aliphatic rings. The number of hydrogen-bond donors (Lipinski definition) is 1. The number of halogens is 2. The summed E-state index contributed by atoms with van der Waals surface area (Å²) in [6.45, 7) is -3.01. The third-order valence-electron chi connectivity index (χ3n) is 4.65. The molecule has 10 heteroatoms. The Kier molecular flexibility index (Phi) is 6.57. The number of carbonyl (C=O) groups is 1. The van der Waals surface area contributed by atoms with Crippen molar-refractivity contribution in [2.24, 2.45) is 5.14 Å². The van der Waals surface area contributed by atoms with Crippen LogP contribution in [0.2, 0.25) is 0 Å². The van der Waals surface area contributed by atoms with E-state index in [0.717, 1.165) is 0 Å². The Hall–Kier alpha value is -2.72. The zero-order valence-corrected chi connectivity index (χ0v) is 17.0. The van der Waals surface area contributed by atoms with Crippen LogP contribution >= 0.6 is 0 Å². The molecule has 7 nitrogen and oxygen atoms in total. The molecule has 162 valence electrons. The maximum absolute atomic E-state index is 12.9. The summed E-state index contributed by atoms with van der Waals surface area (Å²) in [6.07, 6.45) is 0.558. The monoisotopic (exact) mass is 441 g/mol. The van der Waals surface area contributed by atoms with Gasteiger partial charge in [0.25, 0.3) is 0 Å². The Balaban J connectivity index is 2.02. The first kappa shape index (κ1) is 22.0. The topological polar surface area (TPSA) is 105 Å². The molecule has 1 atom stereocenters. The standard InChI is InChI=1S/C20H21F2NO6S/c1-27-18(24)7-3-4-15-14-10-12(11-30(23,25)26)8-9-13(14)19-16(28-15)5-2-6-17(19)29-20(21)22/h2,5-6,8-10,15,20H,3-4,7,11H2,1H3,(H2,23,25,26). The normalized spacial score (nSPS) is 15.2. The van der Waals surface area contributed by atoms with Gasteiger partial charge in [0.2, 0.25) is 10.0 Å². The van der Waals surface area contributed by atoms with Crippen molar-refractivity contribution in [2.45, 2.75) is 37.7 Å². The van der Waals surface area contributed by atoms with Crippen LogP contribution in [0.3, 0.4) is 0 Å². The molecule has 0 spiro atoms. The van der Waals surface area contributed by atoms with Gasteiger partial charge in [-0.25, -0.2) is 13.6 Å². The van der Waals surface area contributed by atoms with Crippen molar-refractivity contribution in [1.82, 2.24) is 0 Å². The van der Waals surface area contributed by atoms with E-state index in [9.17, 15) is 22.0 Å². The average molecular weight is 441 g/mol. The lowest BCUT2D eigenvalue weighted by Crippen LogP contribution is -2.18. The second kappa shape index (κ2) is 8.97. The average Bonchev–Trinajstić information content (AvgIpc) is 2.66. The fraction of sp³-hybridized carbons (Fsp3) is 0.350. The Morgan fingerprint density at radius 3 is 2.70 bits per heavy atom. The lowest BCUT2D eigenvalue weighted by molar-refractivity contribution is -0.140. The molecule has 0 bridgehead atoms. The van der Waals surface area contributed by atoms with Gasteiger partial charge < -0.3 is 14.2 Å². The highest BCUT2D eigenvalue weighted by Gasteiger charge is 2.29. The number of esters is 1. The van der Waals surface area contributed by atoms with Gasteiger partial charge in [-0.15, -0.1) is 0 Å². The summed E-state index contributed by atoms with van der Waals surface area (Å²) in [5.41, 5.74) is 2.00. The Bertz CT molecular complexity index is 1040. The first-order chi connectivity index (χ1) is 14.2. The van der Waals surface area contributed by atoms with Crippen LogP contribution in [-0.2, 0) is 25.3 Å². The summed E-state index contributed by atoms with van der Waals surface area (Å²) in [4.78, 5) is 11.4. The smallest absolute Gasteiger partial charge is 0.387 e. The number of methoxy groups -OCH3 is 1. The van der Waals surface area contributed by atoms with Gasteiger partial charge in [-0.2, -0.15) is 8.78 Å². The summed E-state index contributed by atoms with van der Waals surface area (Å²) < 4.78 is 64.1. The zero-order chi connectivity index (χ0) is 21.9. The van der Waals surface area contributed by atoms with Gasteiger partial charge in [0, 0.05) is 12.0 Å². The Morgan fingerprint density at radius 2 is 2.03 bits per heavy atom. The number of carbonyl (C=O) groups excluding carboxylic acids is 1. The van der Waals surface area contributed by atoms with E-state index in [-0.39, 0.29) is 23.9 Å². The van der Waals surface area contributed by atoms with Crippen molar-refractivity contribution in [3.8, 4) is 22.6 Å². The zero-order valence-electron chi connectivity index (χ0n) is 16.1. The highest BCUT2D eigenvalue weighted by atomic mass is 32.2. The molecule has 0 saturated carbocycles. The number of nitrogens with two attached hydrogens (primary N) is 1. The molecule has 3 rings (SSSR count). The van der Waals surface area contributed by atoms with Crippen LogP contribution in [0.1, 0.15) is 36.5 Å². The molecule has 1 heterocycles. The number of primary sulfonamides is 1. The fourth-order valence-electron chi connectivity index (χ4n) is 3.46. The molecule has 30 heavy (non-hydrogen) atoms. The molecule has 2 N–H and O–H groups in total. The largest absolute Gasteiger partial charge is 0.485 e. The number of ether oxygens (including phenoxy) is 3. The van der Waals surface area contributed by atoms with E-state index in [4.69, 9.17) is 9.88 Å². The molecule has 0 fully saturated rings. The van der Waals surface area contributed by atoms with Crippen molar-refractivity contribution in [3.05, 3.63) is 47.5 Å². The SMILES string of the molecule is COC(=O)CCCC1Oc2cccc(OC(F)F)c2-c2ccc(CS(N)(=O)=O)cc21. The number of hydrogen-bond acceptors (Lipinski definition) is 6. The molecular formula is C20H21F2NO6S. The molecule has 2 aromatic rings. The minimum atomic E-state index is -3.76. The van der Waals surface area contributed by atoms with Gasteiger partial charge in [0.1, 0.15) is 17.6 Å². The quantitative estimate of drug-likeness (QED) is 0.629. The van der Waals surface area contributed by atoms with E-state index >= 15 is 0 Å². The molecule has 1 unspecified atom stereocenters.